The molecule has 0 radical (unpaired) electrons. The van der Waals surface area contributed by atoms with E-state index in [2.05, 4.69) is 20.9 Å². The lowest BCUT2D eigenvalue weighted by molar-refractivity contribution is 0.0998. The van der Waals surface area contributed by atoms with E-state index in [4.69, 9.17) is 0 Å². The zero-order valence-electron chi connectivity index (χ0n) is 15.1. The maximum Gasteiger partial charge on any atom is 0.279 e. The second-order valence-electron chi connectivity index (χ2n) is 6.58. The van der Waals surface area contributed by atoms with E-state index < -0.39 is 15.9 Å². The SMILES string of the molecule is Cn1c(=NC(=O)c2ccc(S(=O)(=O)N3CCCC3)cc2)sc2cccc(Br)c21. The number of sulfonamides is 1. The number of thiazole rings is 1. The smallest absolute Gasteiger partial charge is 0.279 e. The maximum absolute atomic E-state index is 12.6. The van der Waals surface area contributed by atoms with Crippen molar-refractivity contribution >= 4 is 53.4 Å². The molecule has 28 heavy (non-hydrogen) atoms. The number of hydrogen-bond donors (Lipinski definition) is 0. The molecular formula is C19H18BrN3O3S2. The molecule has 0 bridgehead atoms. The summed E-state index contributed by atoms with van der Waals surface area (Å²) in [4.78, 5) is 17.6. The van der Waals surface area contributed by atoms with Crippen LogP contribution in [-0.2, 0) is 17.1 Å². The van der Waals surface area contributed by atoms with Crippen molar-refractivity contribution in [2.45, 2.75) is 17.7 Å². The van der Waals surface area contributed by atoms with Crippen molar-refractivity contribution in [3.05, 3.63) is 57.3 Å². The molecule has 2 heterocycles. The Hall–Kier alpha value is -1.81. The van der Waals surface area contributed by atoms with E-state index in [1.54, 1.807) is 0 Å². The molecule has 3 aromatic rings. The number of halogens is 1. The van der Waals surface area contributed by atoms with Gasteiger partial charge in [0.1, 0.15) is 0 Å². The first-order valence-electron chi connectivity index (χ1n) is 8.81. The van der Waals surface area contributed by atoms with Crippen molar-refractivity contribution in [3.8, 4) is 0 Å². The van der Waals surface area contributed by atoms with Crippen molar-refractivity contribution in [2.24, 2.45) is 12.0 Å². The van der Waals surface area contributed by atoms with Crippen LogP contribution in [0.5, 0.6) is 0 Å². The normalized spacial score (nSPS) is 16.1. The average molecular weight is 480 g/mol. The second-order valence-corrected chi connectivity index (χ2v) is 10.4. The van der Waals surface area contributed by atoms with Crippen LogP contribution in [-0.4, -0.2) is 36.3 Å². The summed E-state index contributed by atoms with van der Waals surface area (Å²) in [5.41, 5.74) is 1.34. The van der Waals surface area contributed by atoms with Crippen molar-refractivity contribution in [1.82, 2.24) is 8.87 Å². The predicted molar refractivity (Wildman–Crippen MR) is 113 cm³/mol. The molecule has 4 rings (SSSR count). The fourth-order valence-corrected chi connectivity index (χ4v) is 6.59. The number of para-hydroxylation sites is 1. The molecular weight excluding hydrogens is 462 g/mol. The molecule has 1 aliphatic rings. The first-order chi connectivity index (χ1) is 13.4. The highest BCUT2D eigenvalue weighted by atomic mass is 79.9. The summed E-state index contributed by atoms with van der Waals surface area (Å²) < 4.78 is 30.5. The summed E-state index contributed by atoms with van der Waals surface area (Å²) in [6, 6.07) is 11.9. The van der Waals surface area contributed by atoms with Crippen LogP contribution in [0.1, 0.15) is 23.2 Å². The standard InChI is InChI=1S/C19H18BrN3O3S2/c1-22-17-15(20)5-4-6-16(17)27-19(22)21-18(24)13-7-9-14(10-8-13)28(25,26)23-11-2-3-12-23/h4-10H,2-3,11-12H2,1H3. The molecule has 1 aliphatic heterocycles. The number of amides is 1. The highest BCUT2D eigenvalue weighted by molar-refractivity contribution is 9.10. The molecule has 1 amide bonds. The minimum absolute atomic E-state index is 0.210. The van der Waals surface area contributed by atoms with Gasteiger partial charge in [0.25, 0.3) is 5.91 Å². The van der Waals surface area contributed by atoms with Gasteiger partial charge < -0.3 is 4.57 Å². The lowest BCUT2D eigenvalue weighted by Crippen LogP contribution is -2.27. The Morgan fingerprint density at radius 2 is 1.79 bits per heavy atom. The summed E-state index contributed by atoms with van der Waals surface area (Å²) in [6.45, 7) is 1.10. The summed E-state index contributed by atoms with van der Waals surface area (Å²) in [5.74, 6) is -0.400. The van der Waals surface area contributed by atoms with E-state index in [0.717, 1.165) is 27.5 Å². The van der Waals surface area contributed by atoms with Gasteiger partial charge in [0, 0.05) is 30.2 Å². The largest absolute Gasteiger partial charge is 0.318 e. The third-order valence-corrected chi connectivity index (χ3v) is 8.42. The summed E-state index contributed by atoms with van der Waals surface area (Å²) >= 11 is 4.95. The minimum Gasteiger partial charge on any atom is -0.318 e. The lowest BCUT2D eigenvalue weighted by Gasteiger charge is -2.15. The number of carbonyl (C=O) groups is 1. The number of benzene rings is 2. The fraction of sp³-hybridized carbons (Fsp3) is 0.263. The van der Waals surface area contributed by atoms with E-state index in [9.17, 15) is 13.2 Å². The Morgan fingerprint density at radius 1 is 1.11 bits per heavy atom. The molecule has 1 saturated heterocycles. The zero-order valence-corrected chi connectivity index (χ0v) is 18.3. The molecule has 0 spiro atoms. The van der Waals surface area contributed by atoms with Gasteiger partial charge in [0.2, 0.25) is 10.0 Å². The van der Waals surface area contributed by atoms with Gasteiger partial charge in [0.05, 0.1) is 15.1 Å². The van der Waals surface area contributed by atoms with E-state index >= 15 is 0 Å². The van der Waals surface area contributed by atoms with Gasteiger partial charge >= 0.3 is 0 Å². The second kappa shape index (κ2) is 7.55. The van der Waals surface area contributed by atoms with Gasteiger partial charge in [-0.05, 0) is 65.2 Å². The van der Waals surface area contributed by atoms with Crippen molar-refractivity contribution in [1.29, 1.82) is 0 Å². The van der Waals surface area contributed by atoms with Gasteiger partial charge in [0.15, 0.2) is 4.80 Å². The Kier molecular flexibility index (Phi) is 5.26. The van der Waals surface area contributed by atoms with Crippen molar-refractivity contribution in [2.75, 3.05) is 13.1 Å². The number of aryl methyl sites for hydroxylation is 1. The maximum atomic E-state index is 12.6. The topological polar surface area (TPSA) is 71.7 Å². The molecule has 146 valence electrons. The fourth-order valence-electron chi connectivity index (χ4n) is 3.26. The van der Waals surface area contributed by atoms with Crippen LogP contribution in [0.2, 0.25) is 0 Å². The molecule has 0 N–H and O–H groups in total. The quantitative estimate of drug-likeness (QED) is 0.576. The molecule has 2 aromatic carbocycles. The van der Waals surface area contributed by atoms with Gasteiger partial charge in [-0.3, -0.25) is 4.79 Å². The molecule has 1 aromatic heterocycles. The number of aromatic nitrogens is 1. The molecule has 9 heteroatoms. The Morgan fingerprint density at radius 3 is 2.43 bits per heavy atom. The number of carbonyl (C=O) groups excluding carboxylic acids is 1. The van der Waals surface area contributed by atoms with Crippen LogP contribution >= 0.6 is 27.3 Å². The van der Waals surface area contributed by atoms with E-state index in [0.29, 0.717) is 23.5 Å². The first kappa shape index (κ1) is 19.5. The molecule has 1 fully saturated rings. The van der Waals surface area contributed by atoms with Crippen LogP contribution in [0.3, 0.4) is 0 Å². The van der Waals surface area contributed by atoms with Crippen molar-refractivity contribution < 1.29 is 13.2 Å². The molecule has 0 aliphatic carbocycles. The number of hydrogen-bond acceptors (Lipinski definition) is 4. The number of nitrogens with zero attached hydrogens (tertiary/aromatic N) is 3. The Labute approximate surface area is 175 Å². The summed E-state index contributed by atoms with van der Waals surface area (Å²) in [7, 11) is -1.62. The summed E-state index contributed by atoms with van der Waals surface area (Å²) in [5, 5.41) is 0. The third-order valence-electron chi connectivity index (χ3n) is 4.77. The highest BCUT2D eigenvalue weighted by Gasteiger charge is 2.27. The average Bonchev–Trinajstić information content (AvgIpc) is 3.32. The summed E-state index contributed by atoms with van der Waals surface area (Å²) in [6.07, 6.45) is 1.77. The van der Waals surface area contributed by atoms with Gasteiger partial charge in [-0.25, -0.2) is 8.42 Å². The first-order valence-corrected chi connectivity index (χ1v) is 11.9. The van der Waals surface area contributed by atoms with Crippen LogP contribution in [0.25, 0.3) is 10.2 Å². The predicted octanol–water partition coefficient (Wildman–Crippen LogP) is 3.53. The Bertz CT molecular complexity index is 1220. The van der Waals surface area contributed by atoms with Crippen LogP contribution in [0.15, 0.2) is 56.8 Å². The number of fused-ring (bicyclic) bond motifs is 1. The van der Waals surface area contributed by atoms with Crippen LogP contribution in [0.4, 0.5) is 0 Å². The monoisotopic (exact) mass is 479 g/mol. The van der Waals surface area contributed by atoms with Crippen molar-refractivity contribution in [3.63, 3.8) is 0 Å². The highest BCUT2D eigenvalue weighted by Crippen LogP contribution is 2.25. The molecule has 0 atom stereocenters. The Balaban J connectivity index is 1.65. The van der Waals surface area contributed by atoms with Gasteiger partial charge in [-0.2, -0.15) is 9.30 Å². The third kappa shape index (κ3) is 3.47. The van der Waals surface area contributed by atoms with Gasteiger partial charge in [-0.15, -0.1) is 0 Å². The van der Waals surface area contributed by atoms with Crippen LogP contribution in [0, 0.1) is 0 Å². The number of rotatable bonds is 3. The molecule has 0 saturated carbocycles. The minimum atomic E-state index is -3.48. The zero-order chi connectivity index (χ0) is 19.9. The van der Waals surface area contributed by atoms with E-state index in [1.807, 2.05) is 29.8 Å². The molecule has 6 nitrogen and oxygen atoms in total. The van der Waals surface area contributed by atoms with Gasteiger partial charge in [-0.1, -0.05) is 17.4 Å². The van der Waals surface area contributed by atoms with E-state index in [1.165, 1.54) is 39.9 Å². The van der Waals surface area contributed by atoms with Crippen LogP contribution < -0.4 is 4.80 Å². The van der Waals surface area contributed by atoms with E-state index in [-0.39, 0.29) is 4.90 Å². The lowest BCUT2D eigenvalue weighted by atomic mass is 10.2. The molecule has 0 unspecified atom stereocenters.